The second-order valence-electron chi connectivity index (χ2n) is 6.86. The van der Waals surface area contributed by atoms with Crippen LogP contribution in [0.3, 0.4) is 0 Å². The number of aromatic amines is 1. The number of para-hydroxylation sites is 1. The predicted molar refractivity (Wildman–Crippen MR) is 111 cm³/mol. The van der Waals surface area contributed by atoms with E-state index in [1.807, 2.05) is 54.9 Å². The summed E-state index contributed by atoms with van der Waals surface area (Å²) >= 11 is 0. The fourth-order valence-electron chi connectivity index (χ4n) is 3.23. The molecule has 28 heavy (non-hydrogen) atoms. The molecular formula is C24H22N3O+. The number of amides is 1. The van der Waals surface area contributed by atoms with Gasteiger partial charge in [0.15, 0.2) is 12.4 Å². The average molecular weight is 368 g/mol. The highest BCUT2D eigenvalue weighted by Gasteiger charge is 2.14. The molecule has 4 aromatic rings. The number of H-pyrrole nitrogens is 1. The zero-order chi connectivity index (χ0) is 19.3. The van der Waals surface area contributed by atoms with E-state index in [-0.39, 0.29) is 5.91 Å². The Morgan fingerprint density at radius 2 is 1.86 bits per heavy atom. The van der Waals surface area contributed by atoms with Gasteiger partial charge in [0.25, 0.3) is 5.91 Å². The Kier molecular flexibility index (Phi) is 5.11. The molecule has 2 aromatic heterocycles. The van der Waals surface area contributed by atoms with Crippen molar-refractivity contribution in [2.45, 2.75) is 13.3 Å². The van der Waals surface area contributed by atoms with Crippen molar-refractivity contribution in [3.05, 3.63) is 95.8 Å². The van der Waals surface area contributed by atoms with E-state index in [0.717, 1.165) is 28.6 Å². The van der Waals surface area contributed by atoms with Gasteiger partial charge in [-0.1, -0.05) is 48.0 Å². The number of carbonyl (C=O) groups is 1. The molecule has 0 saturated heterocycles. The number of hydrogen-bond acceptors (Lipinski definition) is 2. The minimum Gasteiger partial charge on any atom is -0.352 e. The van der Waals surface area contributed by atoms with Crippen LogP contribution in [0.1, 0.15) is 21.5 Å². The summed E-state index contributed by atoms with van der Waals surface area (Å²) in [5.74, 6) is -0.0770. The van der Waals surface area contributed by atoms with Crippen molar-refractivity contribution in [2.75, 3.05) is 6.54 Å². The lowest BCUT2D eigenvalue weighted by molar-refractivity contribution is -0.377. The molecule has 2 aromatic carbocycles. The number of rotatable bonds is 5. The SMILES string of the molecule is Cc1ccc(CCNC(=O)c2cc(-c3ccc[nH+]c3)nc3ccccc23)cc1. The molecule has 0 fully saturated rings. The van der Waals surface area contributed by atoms with Crippen molar-refractivity contribution in [1.82, 2.24) is 10.3 Å². The monoisotopic (exact) mass is 368 g/mol. The summed E-state index contributed by atoms with van der Waals surface area (Å²) in [6.07, 6.45) is 4.54. The Balaban J connectivity index is 1.59. The first-order valence-electron chi connectivity index (χ1n) is 9.41. The van der Waals surface area contributed by atoms with Gasteiger partial charge in [0, 0.05) is 18.0 Å². The largest absolute Gasteiger partial charge is 0.352 e. The summed E-state index contributed by atoms with van der Waals surface area (Å²) in [7, 11) is 0. The van der Waals surface area contributed by atoms with Crippen molar-refractivity contribution in [2.24, 2.45) is 0 Å². The summed E-state index contributed by atoms with van der Waals surface area (Å²) in [4.78, 5) is 20.7. The number of fused-ring (bicyclic) bond motifs is 1. The van der Waals surface area contributed by atoms with Crippen LogP contribution in [0.25, 0.3) is 22.2 Å². The molecule has 0 aliphatic carbocycles. The van der Waals surface area contributed by atoms with E-state index in [1.54, 1.807) is 0 Å². The summed E-state index contributed by atoms with van der Waals surface area (Å²) in [6, 6.07) is 21.9. The Bertz CT molecular complexity index is 1110. The lowest BCUT2D eigenvalue weighted by Gasteiger charge is -2.10. The van der Waals surface area contributed by atoms with E-state index in [9.17, 15) is 4.79 Å². The van der Waals surface area contributed by atoms with E-state index in [2.05, 4.69) is 41.5 Å². The van der Waals surface area contributed by atoms with Crippen molar-refractivity contribution in [3.63, 3.8) is 0 Å². The predicted octanol–water partition coefficient (Wildman–Crippen LogP) is 4.00. The molecule has 4 rings (SSSR count). The van der Waals surface area contributed by atoms with Crippen LogP contribution in [0.15, 0.2) is 79.1 Å². The van der Waals surface area contributed by atoms with Gasteiger partial charge in [-0.2, -0.15) is 0 Å². The maximum Gasteiger partial charge on any atom is 0.252 e. The highest BCUT2D eigenvalue weighted by molar-refractivity contribution is 6.07. The number of carbonyl (C=O) groups excluding carboxylic acids is 1. The lowest BCUT2D eigenvalue weighted by Crippen LogP contribution is -2.26. The molecule has 2 heterocycles. The average Bonchev–Trinajstić information content (AvgIpc) is 2.75. The molecular weight excluding hydrogens is 346 g/mol. The number of nitrogens with zero attached hydrogens (tertiary/aromatic N) is 1. The molecule has 138 valence electrons. The maximum absolute atomic E-state index is 12.9. The Labute approximate surface area is 164 Å². The molecule has 0 bridgehead atoms. The summed E-state index contributed by atoms with van der Waals surface area (Å²) in [6.45, 7) is 2.66. The second-order valence-corrected chi connectivity index (χ2v) is 6.86. The quantitative estimate of drug-likeness (QED) is 0.579. The number of aromatic nitrogens is 2. The highest BCUT2D eigenvalue weighted by atomic mass is 16.1. The maximum atomic E-state index is 12.9. The van der Waals surface area contributed by atoms with Gasteiger partial charge in [-0.3, -0.25) is 4.79 Å². The molecule has 0 aliphatic heterocycles. The Morgan fingerprint density at radius 3 is 2.64 bits per heavy atom. The van der Waals surface area contributed by atoms with Crippen molar-refractivity contribution in [3.8, 4) is 11.3 Å². The van der Waals surface area contributed by atoms with Crippen LogP contribution in [0.4, 0.5) is 0 Å². The molecule has 4 nitrogen and oxygen atoms in total. The minimum atomic E-state index is -0.0770. The number of benzene rings is 2. The van der Waals surface area contributed by atoms with E-state index in [1.165, 1.54) is 11.1 Å². The zero-order valence-electron chi connectivity index (χ0n) is 15.8. The normalized spacial score (nSPS) is 10.8. The zero-order valence-corrected chi connectivity index (χ0v) is 15.8. The first kappa shape index (κ1) is 17.9. The number of nitrogens with one attached hydrogen (secondary N) is 2. The van der Waals surface area contributed by atoms with Crippen molar-refractivity contribution >= 4 is 16.8 Å². The van der Waals surface area contributed by atoms with E-state index >= 15 is 0 Å². The third kappa shape index (κ3) is 3.91. The van der Waals surface area contributed by atoms with Crippen LogP contribution in [0.5, 0.6) is 0 Å². The van der Waals surface area contributed by atoms with Gasteiger partial charge in [0.2, 0.25) is 0 Å². The molecule has 2 N–H and O–H groups in total. The van der Waals surface area contributed by atoms with Crippen LogP contribution in [0, 0.1) is 6.92 Å². The Morgan fingerprint density at radius 1 is 1.04 bits per heavy atom. The Hall–Kier alpha value is -3.53. The molecule has 0 atom stereocenters. The van der Waals surface area contributed by atoms with Gasteiger partial charge in [-0.05, 0) is 37.1 Å². The first-order chi connectivity index (χ1) is 13.7. The standard InChI is InChI=1S/C24H21N3O/c1-17-8-10-18(11-9-17)12-14-26-24(28)21-15-23(19-5-4-13-25-16-19)27-22-7-3-2-6-20(21)22/h2-11,13,15-16H,12,14H2,1H3,(H,26,28)/p+1. The van der Waals surface area contributed by atoms with Gasteiger partial charge >= 0.3 is 0 Å². The second kappa shape index (κ2) is 8.01. The van der Waals surface area contributed by atoms with Crippen LogP contribution in [-0.4, -0.2) is 17.4 Å². The summed E-state index contributed by atoms with van der Waals surface area (Å²) in [5.41, 5.74) is 5.63. The summed E-state index contributed by atoms with van der Waals surface area (Å²) < 4.78 is 0. The van der Waals surface area contributed by atoms with Crippen LogP contribution < -0.4 is 10.3 Å². The van der Waals surface area contributed by atoms with Crippen LogP contribution in [0.2, 0.25) is 0 Å². The topological polar surface area (TPSA) is 56.1 Å². The fraction of sp³-hybridized carbons (Fsp3) is 0.125. The molecule has 0 aliphatic rings. The molecule has 1 amide bonds. The number of hydrogen-bond donors (Lipinski definition) is 1. The van der Waals surface area contributed by atoms with Crippen LogP contribution in [-0.2, 0) is 6.42 Å². The molecule has 0 saturated carbocycles. The molecule has 0 radical (unpaired) electrons. The van der Waals surface area contributed by atoms with Crippen molar-refractivity contribution < 1.29 is 9.78 Å². The van der Waals surface area contributed by atoms with Gasteiger partial charge in [0.1, 0.15) is 0 Å². The third-order valence-corrected chi connectivity index (χ3v) is 4.78. The van der Waals surface area contributed by atoms with Crippen LogP contribution >= 0.6 is 0 Å². The summed E-state index contributed by atoms with van der Waals surface area (Å²) in [5, 5.41) is 3.92. The molecule has 0 spiro atoms. The van der Waals surface area contributed by atoms with E-state index < -0.39 is 0 Å². The number of pyridine rings is 2. The lowest BCUT2D eigenvalue weighted by atomic mass is 10.0. The van der Waals surface area contributed by atoms with Gasteiger partial charge in [-0.15, -0.1) is 0 Å². The smallest absolute Gasteiger partial charge is 0.252 e. The third-order valence-electron chi connectivity index (χ3n) is 4.78. The number of aryl methyl sites for hydroxylation is 1. The van der Waals surface area contributed by atoms with Gasteiger partial charge in [-0.25, -0.2) is 9.97 Å². The fourth-order valence-corrected chi connectivity index (χ4v) is 3.23. The molecule has 0 unspecified atom stereocenters. The highest BCUT2D eigenvalue weighted by Crippen LogP contribution is 2.24. The van der Waals surface area contributed by atoms with Gasteiger partial charge < -0.3 is 5.32 Å². The minimum absolute atomic E-state index is 0.0770. The first-order valence-corrected chi connectivity index (χ1v) is 9.41. The van der Waals surface area contributed by atoms with Gasteiger partial charge in [0.05, 0.1) is 22.3 Å². The van der Waals surface area contributed by atoms with E-state index in [4.69, 9.17) is 4.98 Å². The van der Waals surface area contributed by atoms with Crippen molar-refractivity contribution in [1.29, 1.82) is 0 Å². The molecule has 4 heteroatoms. The van der Waals surface area contributed by atoms with E-state index in [0.29, 0.717) is 12.1 Å².